The molecule has 1 N–H and O–H groups in total. The number of nitrogens with one attached hydrogen (secondary N) is 1. The van der Waals surface area contributed by atoms with Crippen molar-refractivity contribution < 1.29 is 9.59 Å². The highest BCUT2D eigenvalue weighted by molar-refractivity contribution is 5.95. The summed E-state index contributed by atoms with van der Waals surface area (Å²) >= 11 is 0. The van der Waals surface area contributed by atoms with Crippen molar-refractivity contribution in [2.24, 2.45) is 0 Å². The molecule has 3 amide bonds. The number of nitrogens with zero attached hydrogens (tertiary/aromatic N) is 2. The van der Waals surface area contributed by atoms with Gasteiger partial charge in [-0.1, -0.05) is 0 Å². The van der Waals surface area contributed by atoms with E-state index in [1.165, 1.54) is 11.9 Å². The van der Waals surface area contributed by atoms with Crippen molar-refractivity contribution in [3.63, 3.8) is 0 Å². The van der Waals surface area contributed by atoms with Gasteiger partial charge in [0, 0.05) is 14.1 Å². The number of hydrogen-bond donors (Lipinski definition) is 1. The molecule has 0 aromatic heterocycles. The number of rotatable bonds is 0. The lowest BCUT2D eigenvalue weighted by Crippen LogP contribution is -2.40. The Labute approximate surface area is 65.0 Å². The van der Waals surface area contributed by atoms with Gasteiger partial charge in [-0.3, -0.25) is 15.0 Å². The van der Waals surface area contributed by atoms with Crippen LogP contribution in [-0.4, -0.2) is 49.0 Å². The highest BCUT2D eigenvalue weighted by atomic mass is 16.2. The minimum Gasteiger partial charge on any atom is -0.315 e. The second-order valence-corrected chi connectivity index (χ2v) is 2.52. The minimum atomic E-state index is -0.264. The van der Waals surface area contributed by atoms with E-state index in [-0.39, 0.29) is 18.5 Å². The first-order valence-corrected chi connectivity index (χ1v) is 3.35. The van der Waals surface area contributed by atoms with Crippen LogP contribution in [0.15, 0.2) is 0 Å². The predicted molar refractivity (Wildman–Crippen MR) is 38.8 cm³/mol. The number of imide groups is 1. The third-order valence-corrected chi connectivity index (χ3v) is 1.61. The first-order chi connectivity index (χ1) is 5.13. The Bertz CT molecular complexity index is 192. The summed E-state index contributed by atoms with van der Waals surface area (Å²) in [6.07, 6.45) is 0. The summed E-state index contributed by atoms with van der Waals surface area (Å²) in [4.78, 5) is 24.7. The van der Waals surface area contributed by atoms with Crippen molar-refractivity contribution in [1.29, 1.82) is 0 Å². The van der Waals surface area contributed by atoms with Gasteiger partial charge in [0.1, 0.15) is 0 Å². The molecule has 1 rings (SSSR count). The van der Waals surface area contributed by atoms with Gasteiger partial charge in [-0.2, -0.15) is 0 Å². The SMILES string of the molecule is CN1CNCC(=O)N(C)C1=O. The standard InChI is InChI=1S/C6H11N3O2/c1-8-4-7-3-5(10)9(2)6(8)11/h7H,3-4H2,1-2H3. The fourth-order valence-electron chi connectivity index (χ4n) is 0.879. The lowest BCUT2D eigenvalue weighted by atomic mass is 10.5. The van der Waals surface area contributed by atoms with E-state index in [9.17, 15) is 9.59 Å². The number of hydrogen-bond acceptors (Lipinski definition) is 3. The predicted octanol–water partition coefficient (Wildman–Crippen LogP) is -0.943. The number of carbonyl (C=O) groups is 2. The van der Waals surface area contributed by atoms with Crippen LogP contribution < -0.4 is 5.32 Å². The molecular formula is C6H11N3O2. The fourth-order valence-corrected chi connectivity index (χ4v) is 0.879. The smallest absolute Gasteiger partial charge is 0.315 e. The van der Waals surface area contributed by atoms with E-state index in [0.717, 1.165) is 4.90 Å². The summed E-state index contributed by atoms with van der Waals surface area (Å²) in [5.41, 5.74) is 0. The summed E-state index contributed by atoms with van der Waals surface area (Å²) in [6, 6.07) is -0.264. The monoisotopic (exact) mass is 157 g/mol. The fraction of sp³-hybridized carbons (Fsp3) is 0.667. The van der Waals surface area contributed by atoms with Crippen LogP contribution in [0.5, 0.6) is 0 Å². The van der Waals surface area contributed by atoms with Crippen molar-refractivity contribution in [3.8, 4) is 0 Å². The molecule has 1 fully saturated rings. The third-order valence-electron chi connectivity index (χ3n) is 1.61. The Balaban J connectivity index is 2.73. The zero-order chi connectivity index (χ0) is 8.43. The largest absolute Gasteiger partial charge is 0.327 e. The molecule has 0 spiro atoms. The average Bonchev–Trinajstić information content (AvgIpc) is 2.07. The Morgan fingerprint density at radius 1 is 1.36 bits per heavy atom. The molecule has 5 nitrogen and oxygen atoms in total. The van der Waals surface area contributed by atoms with Gasteiger partial charge in [0.15, 0.2) is 0 Å². The average molecular weight is 157 g/mol. The van der Waals surface area contributed by atoms with E-state index in [2.05, 4.69) is 5.32 Å². The Hall–Kier alpha value is -1.10. The van der Waals surface area contributed by atoms with Gasteiger partial charge in [0.25, 0.3) is 0 Å². The third kappa shape index (κ3) is 1.48. The van der Waals surface area contributed by atoms with Crippen molar-refractivity contribution in [2.75, 3.05) is 27.3 Å². The Morgan fingerprint density at radius 3 is 2.64 bits per heavy atom. The molecule has 0 unspecified atom stereocenters. The summed E-state index contributed by atoms with van der Waals surface area (Å²) in [5.74, 6) is -0.195. The molecule has 0 aromatic carbocycles. The van der Waals surface area contributed by atoms with E-state index in [0.29, 0.717) is 6.67 Å². The lowest BCUT2D eigenvalue weighted by Gasteiger charge is -2.17. The first kappa shape index (κ1) is 8.00. The number of urea groups is 1. The van der Waals surface area contributed by atoms with Gasteiger partial charge in [-0.15, -0.1) is 0 Å². The van der Waals surface area contributed by atoms with Crippen LogP contribution in [0.1, 0.15) is 0 Å². The van der Waals surface area contributed by atoms with Gasteiger partial charge in [0.05, 0.1) is 13.2 Å². The van der Waals surface area contributed by atoms with Gasteiger partial charge in [-0.05, 0) is 0 Å². The maximum atomic E-state index is 11.1. The highest BCUT2D eigenvalue weighted by Crippen LogP contribution is 1.96. The van der Waals surface area contributed by atoms with Crippen molar-refractivity contribution in [3.05, 3.63) is 0 Å². The highest BCUT2D eigenvalue weighted by Gasteiger charge is 2.22. The molecule has 0 radical (unpaired) electrons. The summed E-state index contributed by atoms with van der Waals surface area (Å²) in [5, 5.41) is 2.82. The lowest BCUT2D eigenvalue weighted by molar-refractivity contribution is -0.126. The summed E-state index contributed by atoms with van der Waals surface area (Å²) in [7, 11) is 3.12. The summed E-state index contributed by atoms with van der Waals surface area (Å²) in [6.45, 7) is 0.654. The molecule has 62 valence electrons. The van der Waals surface area contributed by atoms with Crippen molar-refractivity contribution in [2.45, 2.75) is 0 Å². The van der Waals surface area contributed by atoms with E-state index in [4.69, 9.17) is 0 Å². The van der Waals surface area contributed by atoms with E-state index in [1.54, 1.807) is 7.05 Å². The Kier molecular flexibility index (Phi) is 2.09. The van der Waals surface area contributed by atoms with Crippen LogP contribution in [0.25, 0.3) is 0 Å². The van der Waals surface area contributed by atoms with Crippen molar-refractivity contribution >= 4 is 11.9 Å². The molecule has 1 aliphatic rings. The number of amides is 3. The number of likely N-dealkylation sites (N-methyl/N-ethyl adjacent to an activating group) is 1. The second-order valence-electron chi connectivity index (χ2n) is 2.52. The molecular weight excluding hydrogens is 146 g/mol. The maximum absolute atomic E-state index is 11.1. The van der Waals surface area contributed by atoms with Crippen LogP contribution in [0, 0.1) is 0 Å². The molecule has 0 bridgehead atoms. The van der Waals surface area contributed by atoms with Crippen LogP contribution in [0.3, 0.4) is 0 Å². The first-order valence-electron chi connectivity index (χ1n) is 3.35. The Morgan fingerprint density at radius 2 is 2.00 bits per heavy atom. The molecule has 5 heteroatoms. The van der Waals surface area contributed by atoms with Gasteiger partial charge >= 0.3 is 6.03 Å². The number of carbonyl (C=O) groups excluding carboxylic acids is 2. The summed E-state index contributed by atoms with van der Waals surface area (Å²) < 4.78 is 0. The molecule has 0 atom stereocenters. The second kappa shape index (κ2) is 2.87. The maximum Gasteiger partial charge on any atom is 0.327 e. The van der Waals surface area contributed by atoms with Crippen LogP contribution in [0.4, 0.5) is 4.79 Å². The van der Waals surface area contributed by atoms with Crippen LogP contribution >= 0.6 is 0 Å². The van der Waals surface area contributed by atoms with E-state index >= 15 is 0 Å². The van der Waals surface area contributed by atoms with E-state index in [1.807, 2.05) is 0 Å². The molecule has 0 saturated carbocycles. The van der Waals surface area contributed by atoms with Gasteiger partial charge in [0.2, 0.25) is 5.91 Å². The molecule has 11 heavy (non-hydrogen) atoms. The van der Waals surface area contributed by atoms with Crippen molar-refractivity contribution in [1.82, 2.24) is 15.1 Å². The van der Waals surface area contributed by atoms with Crippen LogP contribution in [-0.2, 0) is 4.79 Å². The van der Waals surface area contributed by atoms with Gasteiger partial charge in [-0.25, -0.2) is 4.79 Å². The zero-order valence-electron chi connectivity index (χ0n) is 6.63. The topological polar surface area (TPSA) is 52.7 Å². The molecule has 0 aliphatic carbocycles. The normalized spacial score (nSPS) is 20.5. The molecule has 0 aromatic rings. The van der Waals surface area contributed by atoms with Gasteiger partial charge < -0.3 is 4.90 Å². The molecule has 1 heterocycles. The van der Waals surface area contributed by atoms with E-state index < -0.39 is 0 Å². The molecule has 1 aliphatic heterocycles. The van der Waals surface area contributed by atoms with Crippen LogP contribution in [0.2, 0.25) is 0 Å². The quantitative estimate of drug-likeness (QED) is 0.493. The zero-order valence-corrected chi connectivity index (χ0v) is 6.63. The molecule has 1 saturated heterocycles. The minimum absolute atomic E-state index is 0.195.